The van der Waals surface area contributed by atoms with Crippen LogP contribution in [0.1, 0.15) is 18.9 Å². The maximum absolute atomic E-state index is 14.2. The summed E-state index contributed by atoms with van der Waals surface area (Å²) in [5.41, 5.74) is 2.13. The van der Waals surface area contributed by atoms with E-state index < -0.39 is 0 Å². The standard InChI is InChI=1S/C15H13FN2S2/c1-2-12-13(18-5-4-17-15(18)20-12)10-7-9-3-6-19-14(9)11(16)8-10/h3,6-8H,2,4-5H2,1H3. The highest BCUT2D eigenvalue weighted by atomic mass is 32.2. The summed E-state index contributed by atoms with van der Waals surface area (Å²) in [7, 11) is 0. The quantitative estimate of drug-likeness (QED) is 0.809. The normalized spacial score (nSPS) is 18.1. The zero-order chi connectivity index (χ0) is 13.7. The molecule has 2 nitrogen and oxygen atoms in total. The minimum atomic E-state index is -0.120. The summed E-state index contributed by atoms with van der Waals surface area (Å²) in [5.74, 6) is -0.120. The number of allylic oxidation sites excluding steroid dienone is 1. The highest BCUT2D eigenvalue weighted by molar-refractivity contribution is 8.17. The van der Waals surface area contributed by atoms with Crippen LogP contribution in [0.15, 0.2) is 33.5 Å². The maximum Gasteiger partial charge on any atom is 0.168 e. The van der Waals surface area contributed by atoms with Gasteiger partial charge >= 0.3 is 0 Å². The number of fused-ring (bicyclic) bond motifs is 2. The van der Waals surface area contributed by atoms with Gasteiger partial charge in [0, 0.05) is 17.0 Å². The SMILES string of the molecule is CCC1=C(c2cc(F)c3sccc3c2)N2CCN=C2S1. The van der Waals surface area contributed by atoms with Crippen molar-refractivity contribution in [3.63, 3.8) is 0 Å². The number of halogens is 1. The van der Waals surface area contributed by atoms with Gasteiger partial charge in [-0.2, -0.15) is 0 Å². The summed E-state index contributed by atoms with van der Waals surface area (Å²) < 4.78 is 15.0. The molecule has 0 amide bonds. The van der Waals surface area contributed by atoms with Crippen LogP contribution >= 0.6 is 23.1 Å². The lowest BCUT2D eigenvalue weighted by atomic mass is 10.1. The van der Waals surface area contributed by atoms with Gasteiger partial charge < -0.3 is 4.90 Å². The molecule has 0 saturated carbocycles. The third-order valence-electron chi connectivity index (χ3n) is 3.65. The second-order valence-corrected chi connectivity index (χ2v) is 6.82. The number of amidine groups is 1. The third kappa shape index (κ3) is 1.73. The predicted octanol–water partition coefficient (Wildman–Crippen LogP) is 4.54. The highest BCUT2D eigenvalue weighted by Gasteiger charge is 2.32. The van der Waals surface area contributed by atoms with Crippen LogP contribution in [0, 0.1) is 5.82 Å². The van der Waals surface area contributed by atoms with Gasteiger partial charge in [0.2, 0.25) is 0 Å². The minimum Gasteiger partial charge on any atom is -0.318 e. The number of aliphatic imine (C=N–C) groups is 1. The van der Waals surface area contributed by atoms with Crippen molar-refractivity contribution in [3.8, 4) is 0 Å². The molecule has 4 rings (SSSR count). The number of nitrogens with zero attached hydrogens (tertiary/aromatic N) is 2. The third-order valence-corrected chi connectivity index (χ3v) is 5.85. The molecule has 0 radical (unpaired) electrons. The van der Waals surface area contributed by atoms with Gasteiger partial charge in [0.05, 0.1) is 16.9 Å². The Hall–Kier alpha value is -1.33. The summed E-state index contributed by atoms with van der Waals surface area (Å²) in [6, 6.07) is 5.76. The molecule has 2 aliphatic rings. The number of thiophene rings is 1. The van der Waals surface area contributed by atoms with Crippen molar-refractivity contribution in [2.45, 2.75) is 13.3 Å². The van der Waals surface area contributed by atoms with E-state index in [-0.39, 0.29) is 5.82 Å². The number of hydrogen-bond acceptors (Lipinski definition) is 4. The first-order chi connectivity index (χ1) is 9.78. The molecule has 0 saturated heterocycles. The summed E-state index contributed by atoms with van der Waals surface area (Å²) >= 11 is 3.19. The second kappa shape index (κ2) is 4.60. The van der Waals surface area contributed by atoms with Crippen LogP contribution in [0.25, 0.3) is 15.8 Å². The van der Waals surface area contributed by atoms with E-state index in [1.165, 1.54) is 16.2 Å². The zero-order valence-corrected chi connectivity index (χ0v) is 12.7. The minimum absolute atomic E-state index is 0.120. The van der Waals surface area contributed by atoms with Gasteiger partial charge in [0.1, 0.15) is 5.82 Å². The van der Waals surface area contributed by atoms with E-state index in [1.807, 2.05) is 11.4 Å². The van der Waals surface area contributed by atoms with E-state index in [9.17, 15) is 4.39 Å². The molecule has 3 heterocycles. The zero-order valence-electron chi connectivity index (χ0n) is 11.0. The van der Waals surface area contributed by atoms with Crippen LogP contribution in [-0.2, 0) is 0 Å². The van der Waals surface area contributed by atoms with Crippen LogP contribution in [0.5, 0.6) is 0 Å². The molecule has 5 heteroatoms. The van der Waals surface area contributed by atoms with E-state index in [1.54, 1.807) is 17.8 Å². The van der Waals surface area contributed by atoms with E-state index in [0.29, 0.717) is 0 Å². The van der Waals surface area contributed by atoms with Crippen LogP contribution in [-0.4, -0.2) is 23.2 Å². The average Bonchev–Trinajstić information content (AvgIpc) is 3.12. The molecule has 0 bridgehead atoms. The summed E-state index contributed by atoms with van der Waals surface area (Å²) in [6.07, 6.45) is 0.957. The molecule has 20 heavy (non-hydrogen) atoms. The number of benzene rings is 1. The van der Waals surface area contributed by atoms with E-state index in [4.69, 9.17) is 0 Å². The van der Waals surface area contributed by atoms with Crippen LogP contribution in [0.3, 0.4) is 0 Å². The Morgan fingerprint density at radius 2 is 2.30 bits per heavy atom. The van der Waals surface area contributed by atoms with Crippen molar-refractivity contribution in [2.24, 2.45) is 4.99 Å². The van der Waals surface area contributed by atoms with Crippen molar-refractivity contribution in [1.29, 1.82) is 0 Å². The van der Waals surface area contributed by atoms with Gasteiger partial charge in [0.25, 0.3) is 0 Å². The Labute approximate surface area is 125 Å². The maximum atomic E-state index is 14.2. The molecule has 0 atom stereocenters. The Morgan fingerprint density at radius 1 is 1.40 bits per heavy atom. The molecule has 0 N–H and O–H groups in total. The first kappa shape index (κ1) is 12.4. The van der Waals surface area contributed by atoms with Crippen LogP contribution in [0.4, 0.5) is 4.39 Å². The highest BCUT2D eigenvalue weighted by Crippen LogP contribution is 2.44. The van der Waals surface area contributed by atoms with Gasteiger partial charge in [0.15, 0.2) is 5.17 Å². The lowest BCUT2D eigenvalue weighted by molar-refractivity contribution is 0.632. The molecule has 0 unspecified atom stereocenters. The van der Waals surface area contributed by atoms with Gasteiger partial charge in [-0.3, -0.25) is 4.99 Å². The van der Waals surface area contributed by atoms with Crippen molar-refractivity contribution in [1.82, 2.24) is 4.90 Å². The molecule has 1 aromatic carbocycles. The van der Waals surface area contributed by atoms with E-state index in [2.05, 4.69) is 22.9 Å². The fourth-order valence-electron chi connectivity index (χ4n) is 2.76. The Morgan fingerprint density at radius 3 is 3.15 bits per heavy atom. The smallest absolute Gasteiger partial charge is 0.168 e. The fraction of sp³-hybridized carbons (Fsp3) is 0.267. The largest absolute Gasteiger partial charge is 0.318 e. The molecule has 102 valence electrons. The van der Waals surface area contributed by atoms with Crippen molar-refractivity contribution in [3.05, 3.63) is 39.9 Å². The lowest BCUT2D eigenvalue weighted by Gasteiger charge is -2.17. The van der Waals surface area contributed by atoms with E-state index in [0.717, 1.165) is 46.0 Å². The summed E-state index contributed by atoms with van der Waals surface area (Å²) in [4.78, 5) is 8.04. The Bertz CT molecular complexity index is 760. The van der Waals surface area contributed by atoms with Crippen LogP contribution < -0.4 is 0 Å². The molecular weight excluding hydrogens is 291 g/mol. The Kier molecular flexibility index (Phi) is 2.86. The summed E-state index contributed by atoms with van der Waals surface area (Å²) in [6.45, 7) is 3.89. The number of hydrogen-bond donors (Lipinski definition) is 0. The van der Waals surface area contributed by atoms with E-state index >= 15 is 0 Å². The number of thioether (sulfide) groups is 1. The summed E-state index contributed by atoms with van der Waals surface area (Å²) in [5, 5.41) is 4.00. The van der Waals surface area contributed by atoms with Gasteiger partial charge in [-0.05, 0) is 35.4 Å². The monoisotopic (exact) mass is 304 g/mol. The predicted molar refractivity (Wildman–Crippen MR) is 85.6 cm³/mol. The molecule has 0 spiro atoms. The lowest BCUT2D eigenvalue weighted by Crippen LogP contribution is -2.20. The first-order valence-corrected chi connectivity index (χ1v) is 8.37. The number of rotatable bonds is 2. The van der Waals surface area contributed by atoms with Gasteiger partial charge in [-0.25, -0.2) is 4.39 Å². The fourth-order valence-corrected chi connectivity index (χ4v) is 4.69. The van der Waals surface area contributed by atoms with Crippen LogP contribution in [0.2, 0.25) is 0 Å². The topological polar surface area (TPSA) is 15.6 Å². The first-order valence-electron chi connectivity index (χ1n) is 6.68. The average molecular weight is 304 g/mol. The molecule has 1 aromatic heterocycles. The van der Waals surface area contributed by atoms with Gasteiger partial charge in [-0.15, -0.1) is 11.3 Å². The molecule has 0 aliphatic carbocycles. The molecule has 2 aliphatic heterocycles. The second-order valence-electron chi connectivity index (χ2n) is 4.84. The van der Waals surface area contributed by atoms with Gasteiger partial charge in [-0.1, -0.05) is 18.7 Å². The molecule has 0 fully saturated rings. The van der Waals surface area contributed by atoms with Crippen molar-refractivity contribution >= 4 is 44.0 Å². The molecular formula is C15H13FN2S2. The van der Waals surface area contributed by atoms with Crippen molar-refractivity contribution < 1.29 is 4.39 Å². The Balaban J connectivity index is 1.90. The van der Waals surface area contributed by atoms with Crippen molar-refractivity contribution in [2.75, 3.05) is 13.1 Å². The molecule has 2 aromatic rings.